The lowest BCUT2D eigenvalue weighted by molar-refractivity contribution is -0.143. The predicted octanol–water partition coefficient (Wildman–Crippen LogP) is 5.60. The zero-order chi connectivity index (χ0) is 21.6. The molecule has 172 valence electrons. The molecule has 0 aromatic heterocycles. The largest absolute Gasteiger partial charge is 0.466 e. The van der Waals surface area contributed by atoms with Crippen molar-refractivity contribution in [3.63, 3.8) is 0 Å². The van der Waals surface area contributed by atoms with Crippen LogP contribution in [-0.2, 0) is 14.3 Å². The van der Waals surface area contributed by atoms with Crippen LogP contribution in [0.5, 0.6) is 0 Å². The zero-order valence-electron chi connectivity index (χ0n) is 19.4. The summed E-state index contributed by atoms with van der Waals surface area (Å²) in [7, 11) is 0. The van der Waals surface area contributed by atoms with Gasteiger partial charge in [-0.15, -0.1) is 0 Å². The van der Waals surface area contributed by atoms with Crippen molar-refractivity contribution in [2.24, 2.45) is 5.73 Å². The van der Waals surface area contributed by atoms with Crippen LogP contribution in [0, 0.1) is 0 Å². The Morgan fingerprint density at radius 3 is 1.48 bits per heavy atom. The van der Waals surface area contributed by atoms with E-state index in [1.807, 2.05) is 18.7 Å². The van der Waals surface area contributed by atoms with Crippen molar-refractivity contribution in [1.29, 1.82) is 0 Å². The maximum absolute atomic E-state index is 12.0. The third kappa shape index (κ3) is 18.7. The van der Waals surface area contributed by atoms with Crippen LogP contribution in [-0.4, -0.2) is 43.0 Å². The summed E-state index contributed by atoms with van der Waals surface area (Å²) in [5, 5.41) is 0. The van der Waals surface area contributed by atoms with Gasteiger partial charge < -0.3 is 15.4 Å². The lowest BCUT2D eigenvalue weighted by Crippen LogP contribution is -2.34. The summed E-state index contributed by atoms with van der Waals surface area (Å²) in [5.41, 5.74) is 5.54. The van der Waals surface area contributed by atoms with Gasteiger partial charge in [0.05, 0.1) is 6.61 Å². The highest BCUT2D eigenvalue weighted by Gasteiger charge is 2.09. The normalized spacial score (nSPS) is 10.9. The number of amides is 1. The van der Waals surface area contributed by atoms with Gasteiger partial charge in [-0.2, -0.15) is 0 Å². The molecule has 0 aromatic carbocycles. The summed E-state index contributed by atoms with van der Waals surface area (Å²) >= 11 is 0. The summed E-state index contributed by atoms with van der Waals surface area (Å²) in [6.45, 7) is 6.37. The first-order valence-corrected chi connectivity index (χ1v) is 12.3. The molecule has 2 N–H and O–H groups in total. The second-order valence-corrected chi connectivity index (χ2v) is 8.02. The minimum absolute atomic E-state index is 0.0494. The van der Waals surface area contributed by atoms with Crippen LogP contribution in [0.2, 0.25) is 0 Å². The lowest BCUT2D eigenvalue weighted by Gasteiger charge is -2.19. The first kappa shape index (κ1) is 27.9. The van der Waals surface area contributed by atoms with E-state index in [0.717, 1.165) is 25.8 Å². The third-order valence-corrected chi connectivity index (χ3v) is 5.46. The first-order valence-electron chi connectivity index (χ1n) is 12.3. The zero-order valence-corrected chi connectivity index (χ0v) is 19.4. The molecule has 0 unspecified atom stereocenters. The van der Waals surface area contributed by atoms with Crippen molar-refractivity contribution < 1.29 is 14.3 Å². The van der Waals surface area contributed by atoms with Gasteiger partial charge in [-0.25, -0.2) is 0 Å². The van der Waals surface area contributed by atoms with Crippen molar-refractivity contribution in [3.05, 3.63) is 0 Å². The monoisotopic (exact) mass is 412 g/mol. The number of nitrogens with zero attached hydrogens (tertiary/aromatic N) is 1. The fourth-order valence-corrected chi connectivity index (χ4v) is 3.67. The maximum atomic E-state index is 12.0. The molecule has 0 aliphatic rings. The Hall–Kier alpha value is -1.10. The molecule has 0 aliphatic heterocycles. The van der Waals surface area contributed by atoms with Gasteiger partial charge in [0.2, 0.25) is 5.91 Å². The molecule has 0 fully saturated rings. The van der Waals surface area contributed by atoms with E-state index in [0.29, 0.717) is 32.5 Å². The molecule has 0 aromatic rings. The number of hydrogen-bond donors (Lipinski definition) is 1. The Labute approximate surface area is 180 Å². The average Bonchev–Trinajstić information content (AvgIpc) is 2.71. The third-order valence-electron chi connectivity index (χ3n) is 5.46. The topological polar surface area (TPSA) is 72.6 Å². The van der Waals surface area contributed by atoms with Crippen LogP contribution in [0.4, 0.5) is 0 Å². The SMILES string of the molecule is CCOC(=O)CCCCCCCCCCCCCCCCC(=O)N(CC)CCN. The molecule has 0 rings (SSSR count). The number of carbonyl (C=O) groups is 2. The van der Waals surface area contributed by atoms with Crippen LogP contribution in [0.25, 0.3) is 0 Å². The molecule has 1 amide bonds. The van der Waals surface area contributed by atoms with Gasteiger partial charge in [0, 0.05) is 32.5 Å². The minimum Gasteiger partial charge on any atom is -0.466 e. The van der Waals surface area contributed by atoms with E-state index in [4.69, 9.17) is 10.5 Å². The van der Waals surface area contributed by atoms with Crippen molar-refractivity contribution in [3.8, 4) is 0 Å². The molecule has 0 heterocycles. The van der Waals surface area contributed by atoms with Crippen LogP contribution in [0.1, 0.15) is 117 Å². The molecular formula is C24H48N2O3. The van der Waals surface area contributed by atoms with Crippen molar-refractivity contribution >= 4 is 11.9 Å². The summed E-state index contributed by atoms with van der Waals surface area (Å²) in [5.74, 6) is 0.212. The number of esters is 1. The number of nitrogens with two attached hydrogens (primary N) is 1. The van der Waals surface area contributed by atoms with E-state index < -0.39 is 0 Å². The molecule has 0 bridgehead atoms. The summed E-state index contributed by atoms with van der Waals surface area (Å²) < 4.78 is 4.93. The number of rotatable bonds is 21. The highest BCUT2D eigenvalue weighted by molar-refractivity contribution is 5.76. The Kier molecular flexibility index (Phi) is 20.8. The molecular weight excluding hydrogens is 364 g/mol. The summed E-state index contributed by atoms with van der Waals surface area (Å²) in [4.78, 5) is 25.1. The Morgan fingerprint density at radius 2 is 1.10 bits per heavy atom. The van der Waals surface area contributed by atoms with Gasteiger partial charge in [-0.3, -0.25) is 9.59 Å². The number of hydrogen-bond acceptors (Lipinski definition) is 4. The van der Waals surface area contributed by atoms with Crippen molar-refractivity contribution in [2.75, 3.05) is 26.2 Å². The van der Waals surface area contributed by atoms with Gasteiger partial charge in [0.15, 0.2) is 0 Å². The highest BCUT2D eigenvalue weighted by atomic mass is 16.5. The van der Waals surface area contributed by atoms with Gasteiger partial charge in [0.1, 0.15) is 0 Å². The quantitative estimate of drug-likeness (QED) is 0.197. The number of carbonyl (C=O) groups excluding carboxylic acids is 2. The summed E-state index contributed by atoms with van der Waals surface area (Å²) in [6, 6.07) is 0. The predicted molar refractivity (Wildman–Crippen MR) is 122 cm³/mol. The second kappa shape index (κ2) is 21.6. The van der Waals surface area contributed by atoms with Crippen LogP contribution < -0.4 is 5.73 Å². The second-order valence-electron chi connectivity index (χ2n) is 8.02. The molecule has 0 saturated carbocycles. The van der Waals surface area contributed by atoms with E-state index >= 15 is 0 Å². The maximum Gasteiger partial charge on any atom is 0.305 e. The molecule has 5 nitrogen and oxygen atoms in total. The Morgan fingerprint density at radius 1 is 0.690 bits per heavy atom. The number of likely N-dealkylation sites (N-methyl/N-ethyl adjacent to an activating group) is 1. The Bertz CT molecular complexity index is 388. The van der Waals surface area contributed by atoms with Crippen molar-refractivity contribution in [2.45, 2.75) is 117 Å². The van der Waals surface area contributed by atoms with Gasteiger partial charge >= 0.3 is 5.97 Å². The standard InChI is InChI=1S/C24H48N2O3/c1-3-26(22-21-25)23(27)19-17-15-13-11-9-7-5-6-8-10-12-14-16-18-20-24(28)29-4-2/h3-22,25H2,1-2H3. The molecule has 0 spiro atoms. The van der Waals surface area contributed by atoms with Gasteiger partial charge in [-0.05, 0) is 26.7 Å². The highest BCUT2D eigenvalue weighted by Crippen LogP contribution is 2.14. The number of unbranched alkanes of at least 4 members (excludes halogenated alkanes) is 13. The number of ether oxygens (including phenoxy) is 1. The lowest BCUT2D eigenvalue weighted by atomic mass is 10.0. The van der Waals surface area contributed by atoms with E-state index in [9.17, 15) is 9.59 Å². The van der Waals surface area contributed by atoms with E-state index in [2.05, 4.69) is 0 Å². The molecule has 29 heavy (non-hydrogen) atoms. The van der Waals surface area contributed by atoms with Gasteiger partial charge in [-0.1, -0.05) is 77.0 Å². The fourth-order valence-electron chi connectivity index (χ4n) is 3.67. The molecule has 0 aliphatic carbocycles. The van der Waals surface area contributed by atoms with Crippen molar-refractivity contribution in [1.82, 2.24) is 4.90 Å². The van der Waals surface area contributed by atoms with Crippen LogP contribution in [0.15, 0.2) is 0 Å². The molecule has 0 atom stereocenters. The minimum atomic E-state index is -0.0494. The summed E-state index contributed by atoms with van der Waals surface area (Å²) in [6.07, 6.45) is 18.7. The average molecular weight is 413 g/mol. The molecule has 0 saturated heterocycles. The fraction of sp³-hybridized carbons (Fsp3) is 0.917. The smallest absolute Gasteiger partial charge is 0.305 e. The van der Waals surface area contributed by atoms with Gasteiger partial charge in [0.25, 0.3) is 0 Å². The van der Waals surface area contributed by atoms with E-state index in [-0.39, 0.29) is 11.9 Å². The van der Waals surface area contributed by atoms with E-state index in [1.165, 1.54) is 70.6 Å². The Balaban J connectivity index is 3.24. The van der Waals surface area contributed by atoms with Crippen LogP contribution in [0.3, 0.4) is 0 Å². The molecule has 5 heteroatoms. The van der Waals surface area contributed by atoms with E-state index in [1.54, 1.807) is 0 Å². The molecule has 0 radical (unpaired) electrons. The van der Waals surface area contributed by atoms with Crippen LogP contribution >= 0.6 is 0 Å². The first-order chi connectivity index (χ1) is 14.2.